The number of carbonyl (C=O) groups excluding carboxylic acids is 5. The van der Waals surface area contributed by atoms with Gasteiger partial charge in [-0.1, -0.05) is 0 Å². The Bertz CT molecular complexity index is 918. The van der Waals surface area contributed by atoms with Gasteiger partial charge in [0.1, 0.15) is 0 Å². The highest BCUT2D eigenvalue weighted by atomic mass is 16.5. The highest BCUT2D eigenvalue weighted by molar-refractivity contribution is 6.22. The molecular weight excluding hydrogens is 402 g/mol. The molecule has 2 aliphatic heterocycles. The Balaban J connectivity index is 1.60. The van der Waals surface area contributed by atoms with Gasteiger partial charge in [-0.2, -0.15) is 0 Å². The normalized spacial score (nSPS) is 16.1. The molecule has 3 rings (SSSR count). The summed E-state index contributed by atoms with van der Waals surface area (Å²) < 4.78 is 4.83. The third-order valence-electron chi connectivity index (χ3n) is 5.45. The van der Waals surface area contributed by atoms with Crippen molar-refractivity contribution in [2.75, 3.05) is 32.8 Å². The zero-order valence-corrected chi connectivity index (χ0v) is 18.1. The summed E-state index contributed by atoms with van der Waals surface area (Å²) in [6.45, 7) is 6.98. The quantitative estimate of drug-likeness (QED) is 0.499. The van der Waals surface area contributed by atoms with Gasteiger partial charge < -0.3 is 14.5 Å². The fourth-order valence-corrected chi connectivity index (χ4v) is 3.80. The summed E-state index contributed by atoms with van der Waals surface area (Å²) in [5.41, 5.74) is 0.900. The van der Waals surface area contributed by atoms with E-state index in [1.54, 1.807) is 36.6 Å². The Morgan fingerprint density at radius 1 is 0.935 bits per heavy atom. The van der Waals surface area contributed by atoms with Crippen LogP contribution >= 0.6 is 0 Å². The smallest absolute Gasteiger partial charge is 0.306 e. The summed E-state index contributed by atoms with van der Waals surface area (Å²) in [6, 6.07) is 4.31. The number of hydrogen-bond donors (Lipinski definition) is 0. The lowest BCUT2D eigenvalue weighted by Crippen LogP contribution is -2.50. The largest absolute Gasteiger partial charge is 0.466 e. The number of rotatable bonds is 6. The second-order valence-electron chi connectivity index (χ2n) is 7.81. The van der Waals surface area contributed by atoms with Gasteiger partial charge >= 0.3 is 5.97 Å². The average Bonchev–Trinajstić information content (AvgIpc) is 3.01. The third kappa shape index (κ3) is 4.60. The third-order valence-corrected chi connectivity index (χ3v) is 5.45. The first-order chi connectivity index (χ1) is 14.7. The van der Waals surface area contributed by atoms with Gasteiger partial charge in [-0.25, -0.2) is 0 Å². The van der Waals surface area contributed by atoms with E-state index in [4.69, 9.17) is 4.74 Å². The molecule has 0 atom stereocenters. The molecule has 0 saturated carbocycles. The number of fused-ring (bicyclic) bond motifs is 1. The summed E-state index contributed by atoms with van der Waals surface area (Å²) in [7, 11) is 0. The van der Waals surface area contributed by atoms with E-state index < -0.39 is 5.97 Å². The lowest BCUT2D eigenvalue weighted by Gasteiger charge is -2.35. The van der Waals surface area contributed by atoms with Gasteiger partial charge in [-0.05, 0) is 39.0 Å². The van der Waals surface area contributed by atoms with Crippen LogP contribution in [0.5, 0.6) is 0 Å². The minimum Gasteiger partial charge on any atom is -0.466 e. The number of nitrogens with zero attached hydrogens (tertiary/aromatic N) is 3. The van der Waals surface area contributed by atoms with E-state index in [9.17, 15) is 24.0 Å². The Hall–Kier alpha value is -3.23. The lowest BCUT2D eigenvalue weighted by atomic mass is 10.0. The first-order valence-corrected chi connectivity index (χ1v) is 10.5. The molecule has 1 saturated heterocycles. The Morgan fingerprint density at radius 3 is 2.16 bits per heavy atom. The molecule has 1 fully saturated rings. The molecule has 9 nitrogen and oxygen atoms in total. The van der Waals surface area contributed by atoms with E-state index in [0.717, 1.165) is 0 Å². The van der Waals surface area contributed by atoms with Crippen molar-refractivity contribution in [2.24, 2.45) is 0 Å². The van der Waals surface area contributed by atoms with Crippen molar-refractivity contribution in [3.63, 3.8) is 0 Å². The lowest BCUT2D eigenvalue weighted by molar-refractivity contribution is -0.146. The number of hydrogen-bond acceptors (Lipinski definition) is 6. The van der Waals surface area contributed by atoms with Gasteiger partial charge in [0.05, 0.1) is 24.2 Å². The second kappa shape index (κ2) is 9.28. The maximum absolute atomic E-state index is 12.9. The van der Waals surface area contributed by atoms with Crippen molar-refractivity contribution >= 4 is 29.6 Å². The first-order valence-electron chi connectivity index (χ1n) is 10.5. The standard InChI is InChI=1S/C22H27N3O6/c1-4-31-19(27)8-7-18(26)23-9-11-24(12-10-23)20(28)15-5-6-16-17(13-15)22(30)25(14(2)3)21(16)29/h5-6,13-14H,4,7-12H2,1-3H3. The van der Waals surface area contributed by atoms with Crippen LogP contribution in [0.15, 0.2) is 18.2 Å². The molecule has 0 bridgehead atoms. The molecule has 0 aromatic heterocycles. The van der Waals surface area contributed by atoms with Crippen LogP contribution in [0.1, 0.15) is 64.7 Å². The van der Waals surface area contributed by atoms with Gasteiger partial charge in [0.15, 0.2) is 0 Å². The maximum atomic E-state index is 12.9. The number of amides is 4. The molecule has 1 aromatic rings. The van der Waals surface area contributed by atoms with E-state index >= 15 is 0 Å². The van der Waals surface area contributed by atoms with Gasteiger partial charge in [-0.3, -0.25) is 28.9 Å². The molecule has 0 N–H and O–H groups in total. The van der Waals surface area contributed by atoms with Crippen LogP contribution in [0.4, 0.5) is 0 Å². The van der Waals surface area contributed by atoms with Crippen molar-refractivity contribution in [2.45, 2.75) is 39.7 Å². The van der Waals surface area contributed by atoms with Gasteiger partial charge in [0.2, 0.25) is 5.91 Å². The maximum Gasteiger partial charge on any atom is 0.306 e. The molecule has 0 aliphatic carbocycles. The predicted octanol–water partition coefficient (Wildman–Crippen LogP) is 1.32. The number of ether oxygens (including phenoxy) is 1. The molecule has 9 heteroatoms. The molecular formula is C22H27N3O6. The number of piperazine rings is 1. The average molecular weight is 429 g/mol. The van der Waals surface area contributed by atoms with E-state index in [0.29, 0.717) is 37.3 Å². The Morgan fingerprint density at radius 2 is 1.55 bits per heavy atom. The molecule has 0 radical (unpaired) electrons. The molecule has 4 amide bonds. The molecule has 31 heavy (non-hydrogen) atoms. The topological polar surface area (TPSA) is 104 Å². The fourth-order valence-electron chi connectivity index (χ4n) is 3.80. The zero-order valence-electron chi connectivity index (χ0n) is 18.1. The summed E-state index contributed by atoms with van der Waals surface area (Å²) in [4.78, 5) is 66.0. The van der Waals surface area contributed by atoms with Crippen LogP contribution < -0.4 is 0 Å². The first kappa shape index (κ1) is 22.5. The minimum absolute atomic E-state index is 0.0427. The fraction of sp³-hybridized carbons (Fsp3) is 0.500. The van der Waals surface area contributed by atoms with Crippen molar-refractivity contribution in [3.05, 3.63) is 34.9 Å². The van der Waals surface area contributed by atoms with Gasteiger partial charge in [-0.15, -0.1) is 0 Å². The number of carbonyl (C=O) groups is 5. The number of esters is 1. The van der Waals surface area contributed by atoms with E-state index in [1.165, 1.54) is 17.0 Å². The molecule has 1 aromatic carbocycles. The zero-order chi connectivity index (χ0) is 22.7. The number of benzene rings is 1. The summed E-state index contributed by atoms with van der Waals surface area (Å²) in [6.07, 6.45) is 0.126. The van der Waals surface area contributed by atoms with Crippen molar-refractivity contribution in [1.29, 1.82) is 0 Å². The van der Waals surface area contributed by atoms with Crippen LogP contribution in [0.25, 0.3) is 0 Å². The van der Waals surface area contributed by atoms with Gasteiger partial charge in [0, 0.05) is 44.2 Å². The highest BCUT2D eigenvalue weighted by Gasteiger charge is 2.38. The van der Waals surface area contributed by atoms with Gasteiger partial charge in [0.25, 0.3) is 17.7 Å². The van der Waals surface area contributed by atoms with E-state index in [1.807, 2.05) is 0 Å². The Kier molecular flexibility index (Phi) is 6.72. The molecule has 0 unspecified atom stereocenters. The van der Waals surface area contributed by atoms with E-state index in [2.05, 4.69) is 0 Å². The number of imide groups is 1. The predicted molar refractivity (Wildman–Crippen MR) is 110 cm³/mol. The van der Waals surface area contributed by atoms with E-state index in [-0.39, 0.29) is 54.7 Å². The highest BCUT2D eigenvalue weighted by Crippen LogP contribution is 2.26. The molecule has 166 valence electrons. The summed E-state index contributed by atoms with van der Waals surface area (Å²) in [5.74, 6) is -1.52. The monoisotopic (exact) mass is 429 g/mol. The van der Waals surface area contributed by atoms with Crippen molar-refractivity contribution in [3.8, 4) is 0 Å². The molecule has 0 spiro atoms. The van der Waals surface area contributed by atoms with Crippen LogP contribution in [0.3, 0.4) is 0 Å². The summed E-state index contributed by atoms with van der Waals surface area (Å²) in [5, 5.41) is 0. The molecule has 2 heterocycles. The Labute approximate surface area is 180 Å². The van der Waals surface area contributed by atoms with Crippen molar-refractivity contribution in [1.82, 2.24) is 14.7 Å². The minimum atomic E-state index is -0.398. The van der Waals surface area contributed by atoms with Crippen LogP contribution in [-0.2, 0) is 14.3 Å². The van der Waals surface area contributed by atoms with Crippen LogP contribution in [-0.4, -0.2) is 83.1 Å². The van der Waals surface area contributed by atoms with Crippen molar-refractivity contribution < 1.29 is 28.7 Å². The SMILES string of the molecule is CCOC(=O)CCC(=O)N1CCN(C(=O)c2ccc3c(c2)C(=O)N(C(C)C)C3=O)CC1. The molecule has 2 aliphatic rings. The second-order valence-corrected chi connectivity index (χ2v) is 7.81. The summed E-state index contributed by atoms with van der Waals surface area (Å²) >= 11 is 0. The van der Waals surface area contributed by atoms with Crippen LogP contribution in [0.2, 0.25) is 0 Å². The van der Waals surface area contributed by atoms with Crippen LogP contribution in [0, 0.1) is 0 Å².